The summed E-state index contributed by atoms with van der Waals surface area (Å²) < 4.78 is 32.4. The van der Waals surface area contributed by atoms with Crippen molar-refractivity contribution in [2.45, 2.75) is 32.9 Å². The fourth-order valence-electron chi connectivity index (χ4n) is 4.25. The Balaban J connectivity index is 2.09. The van der Waals surface area contributed by atoms with Crippen molar-refractivity contribution in [3.05, 3.63) is 94.5 Å². The van der Waals surface area contributed by atoms with Crippen LogP contribution in [0.2, 0.25) is 5.02 Å². The molecule has 208 valence electrons. The molecule has 3 aromatic carbocycles. The Labute approximate surface area is 235 Å². The highest BCUT2D eigenvalue weighted by molar-refractivity contribution is 7.92. The number of hydrogen-bond donors (Lipinski definition) is 1. The normalized spacial score (nSPS) is 11.9. The molecule has 0 bridgehead atoms. The van der Waals surface area contributed by atoms with Gasteiger partial charge in [0, 0.05) is 24.5 Å². The van der Waals surface area contributed by atoms with Crippen LogP contribution in [-0.4, -0.2) is 57.6 Å². The number of sulfonamides is 1. The molecule has 0 aliphatic rings. The largest absolute Gasteiger partial charge is 0.495 e. The van der Waals surface area contributed by atoms with Gasteiger partial charge in [0.25, 0.3) is 0 Å². The zero-order valence-corrected chi connectivity index (χ0v) is 24.1. The summed E-state index contributed by atoms with van der Waals surface area (Å²) in [6.45, 7) is 3.46. The van der Waals surface area contributed by atoms with Gasteiger partial charge in [-0.15, -0.1) is 0 Å². The third kappa shape index (κ3) is 7.97. The summed E-state index contributed by atoms with van der Waals surface area (Å²) in [6.07, 6.45) is 1.27. The van der Waals surface area contributed by atoms with E-state index in [1.807, 2.05) is 37.3 Å². The molecule has 0 aromatic heterocycles. The number of methoxy groups -OCH3 is 1. The highest BCUT2D eigenvalue weighted by Crippen LogP contribution is 2.31. The number of halogens is 1. The van der Waals surface area contributed by atoms with Crippen molar-refractivity contribution in [2.75, 3.05) is 30.8 Å². The Morgan fingerprint density at radius 1 is 1.03 bits per heavy atom. The van der Waals surface area contributed by atoms with Gasteiger partial charge >= 0.3 is 0 Å². The van der Waals surface area contributed by atoms with Gasteiger partial charge in [0.15, 0.2) is 0 Å². The van der Waals surface area contributed by atoms with Crippen LogP contribution in [-0.2, 0) is 32.6 Å². The number of hydrogen-bond acceptors (Lipinski definition) is 5. The predicted octanol–water partition coefficient (Wildman–Crippen LogP) is 4.20. The molecule has 0 aliphatic heterocycles. The summed E-state index contributed by atoms with van der Waals surface area (Å²) in [5.74, 6) is -0.599. The molecule has 3 aromatic rings. The first-order valence-electron chi connectivity index (χ1n) is 12.5. The smallest absolute Gasteiger partial charge is 0.244 e. The summed E-state index contributed by atoms with van der Waals surface area (Å²) in [5, 5.41) is 3.26. The van der Waals surface area contributed by atoms with Crippen molar-refractivity contribution < 1.29 is 22.7 Å². The highest BCUT2D eigenvalue weighted by atomic mass is 35.5. The molecule has 39 heavy (non-hydrogen) atoms. The van der Waals surface area contributed by atoms with Gasteiger partial charge in [0.05, 0.1) is 19.1 Å². The van der Waals surface area contributed by atoms with Crippen molar-refractivity contribution in [1.82, 2.24) is 10.2 Å². The Hall–Kier alpha value is -3.56. The average molecular weight is 572 g/mol. The average Bonchev–Trinajstić information content (AvgIpc) is 2.90. The SMILES string of the molecule is CCNC(=O)C(Cc1ccccc1)N(Cc1ccccc1Cl)C(=O)CN(c1cc(C)ccc1OC)S(C)(=O)=O. The molecular weight excluding hydrogens is 538 g/mol. The third-order valence-corrected chi connectivity index (χ3v) is 7.70. The second-order valence-corrected chi connectivity index (χ2v) is 11.5. The topological polar surface area (TPSA) is 96.0 Å². The van der Waals surface area contributed by atoms with Crippen LogP contribution < -0.4 is 14.4 Å². The molecule has 0 aliphatic carbocycles. The second-order valence-electron chi connectivity index (χ2n) is 9.16. The summed E-state index contributed by atoms with van der Waals surface area (Å²) in [7, 11) is -2.48. The maximum atomic E-state index is 14.1. The van der Waals surface area contributed by atoms with Gasteiger partial charge in [0.2, 0.25) is 21.8 Å². The monoisotopic (exact) mass is 571 g/mol. The molecule has 8 nitrogen and oxygen atoms in total. The number of aryl methyl sites for hydroxylation is 1. The van der Waals surface area contributed by atoms with Crippen LogP contribution in [0.15, 0.2) is 72.8 Å². The summed E-state index contributed by atoms with van der Waals surface area (Å²) in [4.78, 5) is 28.8. The highest BCUT2D eigenvalue weighted by Gasteiger charge is 2.33. The molecule has 2 amide bonds. The molecule has 1 unspecified atom stereocenters. The van der Waals surface area contributed by atoms with E-state index in [1.165, 1.54) is 12.0 Å². The Morgan fingerprint density at radius 2 is 1.69 bits per heavy atom. The number of anilines is 1. The van der Waals surface area contributed by atoms with E-state index in [0.717, 1.165) is 21.7 Å². The minimum absolute atomic E-state index is 0.00962. The zero-order chi connectivity index (χ0) is 28.6. The Morgan fingerprint density at radius 3 is 2.31 bits per heavy atom. The van der Waals surface area contributed by atoms with Crippen LogP contribution in [0.3, 0.4) is 0 Å². The van der Waals surface area contributed by atoms with Crippen molar-refractivity contribution in [3.63, 3.8) is 0 Å². The van der Waals surface area contributed by atoms with Gasteiger partial charge in [-0.3, -0.25) is 13.9 Å². The van der Waals surface area contributed by atoms with E-state index in [9.17, 15) is 18.0 Å². The van der Waals surface area contributed by atoms with Crippen LogP contribution in [0.1, 0.15) is 23.6 Å². The van der Waals surface area contributed by atoms with Gasteiger partial charge in [-0.25, -0.2) is 8.42 Å². The first-order valence-corrected chi connectivity index (χ1v) is 14.7. The molecule has 0 heterocycles. The molecule has 1 atom stereocenters. The standard InChI is InChI=1S/C29H34ClN3O5S/c1-5-31-29(35)26(18-22-11-7-6-8-12-22)32(19-23-13-9-10-14-24(23)30)28(34)20-33(39(4,36)37)25-17-21(2)15-16-27(25)38-3/h6-17,26H,5,18-20H2,1-4H3,(H,31,35). The summed E-state index contributed by atoms with van der Waals surface area (Å²) in [6, 6.07) is 20.6. The fourth-order valence-corrected chi connectivity index (χ4v) is 5.29. The number of carbonyl (C=O) groups excluding carboxylic acids is 2. The summed E-state index contributed by atoms with van der Waals surface area (Å²) in [5.41, 5.74) is 2.52. The van der Waals surface area contributed by atoms with Gasteiger partial charge in [-0.1, -0.05) is 66.2 Å². The molecule has 3 rings (SSSR count). The van der Waals surface area contributed by atoms with Crippen LogP contribution in [0, 0.1) is 6.92 Å². The lowest BCUT2D eigenvalue weighted by atomic mass is 10.0. The van der Waals surface area contributed by atoms with Crippen molar-refractivity contribution >= 4 is 39.1 Å². The number of benzene rings is 3. The van der Waals surface area contributed by atoms with E-state index < -0.39 is 28.5 Å². The lowest BCUT2D eigenvalue weighted by Crippen LogP contribution is -2.53. The first-order chi connectivity index (χ1) is 18.5. The molecule has 0 spiro atoms. The number of nitrogens with one attached hydrogen (secondary N) is 1. The fraction of sp³-hybridized carbons (Fsp3) is 0.310. The van der Waals surface area contributed by atoms with Gasteiger partial charge in [-0.05, 0) is 48.7 Å². The van der Waals surface area contributed by atoms with E-state index in [4.69, 9.17) is 16.3 Å². The Kier molecular flexibility index (Phi) is 10.4. The van der Waals surface area contributed by atoms with E-state index >= 15 is 0 Å². The molecule has 0 radical (unpaired) electrons. The van der Waals surface area contributed by atoms with E-state index in [1.54, 1.807) is 49.4 Å². The lowest BCUT2D eigenvalue weighted by Gasteiger charge is -2.34. The zero-order valence-electron chi connectivity index (χ0n) is 22.6. The third-order valence-electron chi connectivity index (χ3n) is 6.20. The number of nitrogens with zero attached hydrogens (tertiary/aromatic N) is 2. The number of ether oxygens (including phenoxy) is 1. The minimum Gasteiger partial charge on any atom is -0.495 e. The molecule has 0 saturated carbocycles. The number of likely N-dealkylation sites (N-methyl/N-ethyl adjacent to an activating group) is 1. The van der Waals surface area contributed by atoms with Crippen LogP contribution in [0.5, 0.6) is 5.75 Å². The number of carbonyl (C=O) groups is 2. The first kappa shape index (κ1) is 30.0. The van der Waals surface area contributed by atoms with Crippen LogP contribution in [0.4, 0.5) is 5.69 Å². The summed E-state index contributed by atoms with van der Waals surface area (Å²) >= 11 is 6.45. The van der Waals surface area contributed by atoms with Gasteiger partial charge in [-0.2, -0.15) is 0 Å². The molecule has 10 heteroatoms. The maximum Gasteiger partial charge on any atom is 0.244 e. The second kappa shape index (κ2) is 13.5. The molecule has 0 fully saturated rings. The van der Waals surface area contributed by atoms with Gasteiger partial charge < -0.3 is 15.0 Å². The van der Waals surface area contributed by atoms with Crippen molar-refractivity contribution in [2.24, 2.45) is 0 Å². The van der Waals surface area contributed by atoms with E-state index in [-0.39, 0.29) is 24.6 Å². The maximum absolute atomic E-state index is 14.1. The van der Waals surface area contributed by atoms with Crippen molar-refractivity contribution in [1.29, 1.82) is 0 Å². The quantitative estimate of drug-likeness (QED) is 0.351. The minimum atomic E-state index is -3.91. The number of rotatable bonds is 12. The predicted molar refractivity (Wildman–Crippen MR) is 155 cm³/mol. The number of amides is 2. The van der Waals surface area contributed by atoms with E-state index in [2.05, 4.69) is 5.32 Å². The van der Waals surface area contributed by atoms with Crippen LogP contribution in [0.25, 0.3) is 0 Å². The molecular formula is C29H34ClN3O5S. The Bertz CT molecular complexity index is 1400. The lowest BCUT2D eigenvalue weighted by molar-refractivity contribution is -0.140. The molecule has 1 N–H and O–H groups in total. The van der Waals surface area contributed by atoms with Gasteiger partial charge in [0.1, 0.15) is 18.3 Å². The van der Waals surface area contributed by atoms with Crippen LogP contribution >= 0.6 is 11.6 Å². The van der Waals surface area contributed by atoms with Crippen molar-refractivity contribution in [3.8, 4) is 5.75 Å². The molecule has 0 saturated heterocycles. The van der Waals surface area contributed by atoms with E-state index in [0.29, 0.717) is 22.9 Å².